The quantitative estimate of drug-likeness (QED) is 0.755. The van der Waals surface area contributed by atoms with Crippen LogP contribution >= 0.6 is 0 Å². The molecule has 1 aromatic rings. The van der Waals surface area contributed by atoms with E-state index in [-0.39, 0.29) is 0 Å². The number of ketones is 1. The molecule has 1 fully saturated rings. The Morgan fingerprint density at radius 1 is 1.59 bits per heavy atom. The highest BCUT2D eigenvalue weighted by Crippen LogP contribution is 2.32. The highest BCUT2D eigenvalue weighted by atomic mass is 16.5. The van der Waals surface area contributed by atoms with Crippen LogP contribution in [0.15, 0.2) is 12.4 Å². The Hall–Kier alpha value is -1.16. The molecule has 0 N–H and O–H groups in total. The van der Waals surface area contributed by atoms with Crippen molar-refractivity contribution < 1.29 is 9.53 Å². The van der Waals surface area contributed by atoms with E-state index in [1.54, 1.807) is 6.20 Å². The number of hydrogen-bond acceptors (Lipinski definition) is 3. The first kappa shape index (κ1) is 12.3. The van der Waals surface area contributed by atoms with Gasteiger partial charge >= 0.3 is 0 Å². The van der Waals surface area contributed by atoms with Gasteiger partial charge in [0.05, 0.1) is 12.5 Å². The van der Waals surface area contributed by atoms with Crippen LogP contribution in [-0.4, -0.2) is 28.0 Å². The third kappa shape index (κ3) is 3.16. The molecule has 2 rings (SSSR count). The Morgan fingerprint density at radius 2 is 2.35 bits per heavy atom. The summed E-state index contributed by atoms with van der Waals surface area (Å²) in [5, 5.41) is 0. The van der Waals surface area contributed by atoms with Crippen molar-refractivity contribution in [1.82, 2.24) is 9.55 Å². The molecule has 0 radical (unpaired) electrons. The predicted molar refractivity (Wildman–Crippen MR) is 64.7 cm³/mol. The van der Waals surface area contributed by atoms with Crippen LogP contribution in [0.2, 0.25) is 0 Å². The zero-order valence-corrected chi connectivity index (χ0v) is 10.6. The van der Waals surface area contributed by atoms with Gasteiger partial charge in [0, 0.05) is 32.5 Å². The highest BCUT2D eigenvalue weighted by molar-refractivity contribution is 5.80. The van der Waals surface area contributed by atoms with Gasteiger partial charge in [-0.05, 0) is 25.7 Å². The van der Waals surface area contributed by atoms with E-state index >= 15 is 0 Å². The number of aryl methyl sites for hydroxylation is 1. The maximum atomic E-state index is 11.8. The minimum absolute atomic E-state index is 0.291. The zero-order valence-electron chi connectivity index (χ0n) is 10.6. The van der Waals surface area contributed by atoms with Gasteiger partial charge in [-0.3, -0.25) is 4.79 Å². The maximum Gasteiger partial charge on any atom is 0.140 e. The first-order valence-corrected chi connectivity index (χ1v) is 6.28. The number of Topliss-reactive ketones (excluding diaryl/α,β-unsaturated/α-hetero) is 1. The third-order valence-electron chi connectivity index (χ3n) is 3.39. The Morgan fingerprint density at radius 3 is 2.94 bits per heavy atom. The zero-order chi connectivity index (χ0) is 12.3. The van der Waals surface area contributed by atoms with Gasteiger partial charge in [0.1, 0.15) is 11.6 Å². The molecule has 0 spiro atoms. The molecular weight excluding hydrogens is 216 g/mol. The molecule has 0 unspecified atom stereocenters. The largest absolute Gasteiger partial charge is 0.378 e. The van der Waals surface area contributed by atoms with Gasteiger partial charge in [0.25, 0.3) is 0 Å². The van der Waals surface area contributed by atoms with Gasteiger partial charge in [-0.25, -0.2) is 4.98 Å². The molecule has 0 aromatic carbocycles. The van der Waals surface area contributed by atoms with E-state index in [2.05, 4.69) is 4.98 Å². The number of hydrogen-bond donors (Lipinski definition) is 0. The van der Waals surface area contributed by atoms with Crippen molar-refractivity contribution in [2.45, 2.75) is 38.7 Å². The van der Waals surface area contributed by atoms with Crippen LogP contribution < -0.4 is 0 Å². The molecule has 17 heavy (non-hydrogen) atoms. The summed E-state index contributed by atoms with van der Waals surface area (Å²) in [4.78, 5) is 16.0. The number of rotatable bonds is 6. The third-order valence-corrected chi connectivity index (χ3v) is 3.39. The molecule has 0 bridgehead atoms. The summed E-state index contributed by atoms with van der Waals surface area (Å²) in [6.07, 6.45) is 7.22. The summed E-state index contributed by atoms with van der Waals surface area (Å²) in [5.74, 6) is 1.68. The summed E-state index contributed by atoms with van der Waals surface area (Å²) in [5.41, 5.74) is 0. The molecule has 1 heterocycles. The highest BCUT2D eigenvalue weighted by Gasteiger charge is 2.31. The van der Waals surface area contributed by atoms with Crippen LogP contribution in [0.3, 0.4) is 0 Å². The van der Waals surface area contributed by atoms with Gasteiger partial charge in [-0.1, -0.05) is 0 Å². The van der Waals surface area contributed by atoms with Gasteiger partial charge in [0.2, 0.25) is 0 Å². The van der Waals surface area contributed by atoms with Gasteiger partial charge in [-0.15, -0.1) is 0 Å². The topological polar surface area (TPSA) is 44.1 Å². The maximum absolute atomic E-state index is 11.8. The van der Waals surface area contributed by atoms with E-state index in [4.69, 9.17) is 4.74 Å². The summed E-state index contributed by atoms with van der Waals surface area (Å²) < 4.78 is 7.39. The Balaban J connectivity index is 1.71. The van der Waals surface area contributed by atoms with Crippen LogP contribution in [0, 0.1) is 5.92 Å². The second kappa shape index (κ2) is 5.45. The smallest absolute Gasteiger partial charge is 0.140 e. The van der Waals surface area contributed by atoms with Crippen LogP contribution in [0.1, 0.15) is 32.0 Å². The molecule has 1 saturated carbocycles. The van der Waals surface area contributed by atoms with E-state index in [9.17, 15) is 4.79 Å². The predicted octanol–water partition coefficient (Wildman–Crippen LogP) is 1.74. The summed E-state index contributed by atoms with van der Waals surface area (Å²) >= 11 is 0. The normalized spacial score (nSPS) is 23.4. The Kier molecular flexibility index (Phi) is 3.94. The van der Waals surface area contributed by atoms with Crippen LogP contribution in [-0.2, 0) is 23.0 Å². The molecule has 4 heteroatoms. The lowest BCUT2D eigenvalue weighted by Crippen LogP contribution is -2.33. The Bertz CT molecular complexity index is 381. The van der Waals surface area contributed by atoms with Crippen LogP contribution in [0.5, 0.6) is 0 Å². The lowest BCUT2D eigenvalue weighted by molar-refractivity contribution is -0.121. The lowest BCUT2D eigenvalue weighted by atomic mass is 9.78. The molecule has 1 aliphatic carbocycles. The number of carbonyl (C=O) groups is 1. The fraction of sp³-hybridized carbons (Fsp3) is 0.692. The number of ether oxygens (including phenoxy) is 1. The van der Waals surface area contributed by atoms with E-state index in [0.29, 0.717) is 30.6 Å². The van der Waals surface area contributed by atoms with E-state index in [1.807, 2.05) is 24.7 Å². The number of carbonyl (C=O) groups excluding carboxylic acids is 1. The first-order valence-electron chi connectivity index (χ1n) is 6.28. The monoisotopic (exact) mass is 236 g/mol. The van der Waals surface area contributed by atoms with Crippen LogP contribution in [0.4, 0.5) is 0 Å². The number of nitrogens with zero attached hydrogens (tertiary/aromatic N) is 2. The number of aromatic nitrogens is 2. The van der Waals surface area contributed by atoms with Crippen molar-refractivity contribution in [1.29, 1.82) is 0 Å². The fourth-order valence-corrected chi connectivity index (χ4v) is 2.35. The van der Waals surface area contributed by atoms with Crippen molar-refractivity contribution in [3.8, 4) is 0 Å². The van der Waals surface area contributed by atoms with Crippen molar-refractivity contribution in [2.24, 2.45) is 13.0 Å². The van der Waals surface area contributed by atoms with E-state index in [1.165, 1.54) is 0 Å². The first-order chi connectivity index (χ1) is 8.19. The average molecular weight is 236 g/mol. The molecular formula is C13H20N2O2. The second-order valence-corrected chi connectivity index (χ2v) is 4.79. The van der Waals surface area contributed by atoms with Crippen molar-refractivity contribution in [3.05, 3.63) is 18.2 Å². The molecule has 0 amide bonds. The van der Waals surface area contributed by atoms with Gasteiger partial charge < -0.3 is 9.30 Å². The number of imidazole rings is 1. The van der Waals surface area contributed by atoms with Crippen LogP contribution in [0.25, 0.3) is 0 Å². The standard InChI is InChI=1S/C13H20N2O2/c1-3-17-12-7-10(8-12)6-11(16)9-13-14-4-5-15(13)2/h4-5,10,12H,3,6-9H2,1-2H3. The molecule has 1 aromatic heterocycles. The Labute approximate surface area is 102 Å². The minimum Gasteiger partial charge on any atom is -0.378 e. The van der Waals surface area contributed by atoms with Gasteiger partial charge in [0.15, 0.2) is 0 Å². The molecule has 0 aliphatic heterocycles. The summed E-state index contributed by atoms with van der Waals surface area (Å²) in [6, 6.07) is 0. The molecule has 0 saturated heterocycles. The van der Waals surface area contributed by atoms with E-state index in [0.717, 1.165) is 25.3 Å². The molecule has 0 atom stereocenters. The molecule has 1 aliphatic rings. The summed E-state index contributed by atoms with van der Waals surface area (Å²) in [7, 11) is 1.92. The second-order valence-electron chi connectivity index (χ2n) is 4.79. The average Bonchev–Trinajstić information content (AvgIpc) is 2.61. The fourth-order valence-electron chi connectivity index (χ4n) is 2.35. The summed E-state index contributed by atoms with van der Waals surface area (Å²) in [6.45, 7) is 2.79. The SMILES string of the molecule is CCOC1CC(CC(=O)Cc2nccn2C)C1. The lowest BCUT2D eigenvalue weighted by Gasteiger charge is -2.34. The van der Waals surface area contributed by atoms with Crippen molar-refractivity contribution in [2.75, 3.05) is 6.61 Å². The van der Waals surface area contributed by atoms with Gasteiger partial charge in [-0.2, -0.15) is 0 Å². The molecule has 94 valence electrons. The van der Waals surface area contributed by atoms with E-state index < -0.39 is 0 Å². The minimum atomic E-state index is 0.291. The van der Waals surface area contributed by atoms with Crippen molar-refractivity contribution >= 4 is 5.78 Å². The van der Waals surface area contributed by atoms with Crippen molar-refractivity contribution in [3.63, 3.8) is 0 Å². The molecule has 4 nitrogen and oxygen atoms in total.